The van der Waals surface area contributed by atoms with Gasteiger partial charge in [0.25, 0.3) is 0 Å². The molecule has 1 saturated carbocycles. The molecule has 0 aromatic heterocycles. The molecule has 1 aliphatic carbocycles. The summed E-state index contributed by atoms with van der Waals surface area (Å²) in [7, 11) is 0. The predicted octanol–water partition coefficient (Wildman–Crippen LogP) is 5.35. The minimum atomic E-state index is -0.0304. The van der Waals surface area contributed by atoms with Crippen LogP contribution in [-0.2, 0) is 4.79 Å². The van der Waals surface area contributed by atoms with E-state index in [1.165, 1.54) is 5.56 Å². The summed E-state index contributed by atoms with van der Waals surface area (Å²) in [6.45, 7) is 6.85. The van der Waals surface area contributed by atoms with E-state index < -0.39 is 0 Å². The number of rotatable bonds is 6. The summed E-state index contributed by atoms with van der Waals surface area (Å²) in [6, 6.07) is 16.1. The van der Waals surface area contributed by atoms with E-state index >= 15 is 0 Å². The first-order valence-corrected chi connectivity index (χ1v) is 9.38. The fourth-order valence-electron chi connectivity index (χ4n) is 2.95. The van der Waals surface area contributed by atoms with E-state index in [1.807, 2.05) is 43.3 Å². The number of hydrogen-bond donors (Lipinski definition) is 0. The van der Waals surface area contributed by atoms with Gasteiger partial charge in [-0.3, -0.25) is 4.79 Å². The molecule has 134 valence electrons. The maximum absolute atomic E-state index is 12.3. The molecule has 2 aromatic carbocycles. The van der Waals surface area contributed by atoms with Crippen LogP contribution in [0.25, 0.3) is 0 Å². The first kappa shape index (κ1) is 18.3. The molecule has 0 saturated heterocycles. The van der Waals surface area contributed by atoms with Crippen molar-refractivity contribution in [1.29, 1.82) is 0 Å². The molecule has 2 aromatic rings. The number of ether oxygens (including phenoxy) is 1. The highest BCUT2D eigenvalue weighted by molar-refractivity contribution is 5.87. The molecule has 1 aliphatic rings. The molecule has 26 heavy (non-hydrogen) atoms. The average molecular weight is 346 g/mol. The van der Waals surface area contributed by atoms with Crippen LogP contribution in [0.4, 0.5) is 0 Å². The lowest BCUT2D eigenvalue weighted by atomic mass is 9.89. The number of ketones is 1. The normalized spacial score (nSPS) is 15.5. The van der Waals surface area contributed by atoms with Crippen molar-refractivity contribution in [2.45, 2.75) is 46.0 Å². The summed E-state index contributed by atoms with van der Waals surface area (Å²) in [4.78, 5) is 12.3. The van der Waals surface area contributed by atoms with Gasteiger partial charge in [0.1, 0.15) is 11.5 Å². The van der Waals surface area contributed by atoms with Crippen molar-refractivity contribution in [1.82, 2.24) is 0 Å². The van der Waals surface area contributed by atoms with Crippen LogP contribution >= 0.6 is 0 Å². The smallest absolute Gasteiger partial charge is 0.139 e. The highest BCUT2D eigenvalue weighted by Crippen LogP contribution is 2.47. The molecule has 1 unspecified atom stereocenters. The number of benzene rings is 2. The SMILES string of the molecule is CCOc1ccc(C#Cc2ccc(C(C)CC(=O)C3(C)CC3)cc2)cc1. The van der Waals surface area contributed by atoms with E-state index in [2.05, 4.69) is 37.8 Å². The Balaban J connectivity index is 1.61. The number of carbonyl (C=O) groups is 1. The van der Waals surface area contributed by atoms with Crippen molar-refractivity contribution >= 4 is 5.78 Å². The number of hydrogen-bond acceptors (Lipinski definition) is 2. The van der Waals surface area contributed by atoms with Crippen molar-refractivity contribution in [2.75, 3.05) is 6.61 Å². The third-order valence-corrected chi connectivity index (χ3v) is 5.16. The third kappa shape index (κ3) is 4.55. The minimum absolute atomic E-state index is 0.0304. The Morgan fingerprint density at radius 1 is 1.04 bits per heavy atom. The molecule has 2 nitrogen and oxygen atoms in total. The highest BCUT2D eigenvalue weighted by atomic mass is 16.5. The van der Waals surface area contributed by atoms with Crippen molar-refractivity contribution in [2.24, 2.45) is 5.41 Å². The molecule has 1 fully saturated rings. The molecule has 0 amide bonds. The van der Waals surface area contributed by atoms with Gasteiger partial charge in [0.05, 0.1) is 6.61 Å². The van der Waals surface area contributed by atoms with Crippen LogP contribution in [0.5, 0.6) is 5.75 Å². The maximum atomic E-state index is 12.3. The molecule has 0 N–H and O–H groups in total. The van der Waals surface area contributed by atoms with Crippen LogP contribution in [0.3, 0.4) is 0 Å². The van der Waals surface area contributed by atoms with Gasteiger partial charge in [-0.15, -0.1) is 0 Å². The zero-order valence-electron chi connectivity index (χ0n) is 15.8. The molecule has 2 heteroatoms. The summed E-state index contributed by atoms with van der Waals surface area (Å²) >= 11 is 0. The van der Waals surface area contributed by atoms with Gasteiger partial charge in [-0.1, -0.05) is 37.8 Å². The quantitative estimate of drug-likeness (QED) is 0.659. The van der Waals surface area contributed by atoms with Gasteiger partial charge < -0.3 is 4.74 Å². The number of Topliss-reactive ketones (excluding diaryl/α,β-unsaturated/α-hetero) is 1. The summed E-state index contributed by atoms with van der Waals surface area (Å²) in [6.07, 6.45) is 2.74. The van der Waals surface area contributed by atoms with Gasteiger partial charge in [0.2, 0.25) is 0 Å². The molecule has 0 spiro atoms. The molecule has 0 radical (unpaired) electrons. The van der Waals surface area contributed by atoms with E-state index in [9.17, 15) is 4.79 Å². The largest absolute Gasteiger partial charge is 0.494 e. The Morgan fingerprint density at radius 2 is 1.58 bits per heavy atom. The molecule has 0 heterocycles. The molecule has 0 bridgehead atoms. The summed E-state index contributed by atoms with van der Waals surface area (Å²) in [5.41, 5.74) is 3.12. The fourth-order valence-corrected chi connectivity index (χ4v) is 2.95. The van der Waals surface area contributed by atoms with Crippen LogP contribution in [0, 0.1) is 17.3 Å². The van der Waals surface area contributed by atoms with E-state index in [4.69, 9.17) is 4.74 Å². The van der Waals surface area contributed by atoms with Crippen LogP contribution < -0.4 is 4.74 Å². The zero-order chi connectivity index (χ0) is 18.6. The Kier molecular flexibility index (Phi) is 5.47. The Labute approximate surface area is 156 Å². The van der Waals surface area contributed by atoms with Crippen LogP contribution in [0.1, 0.15) is 62.6 Å². The number of carbonyl (C=O) groups excluding carboxylic acids is 1. The van der Waals surface area contributed by atoms with Crippen LogP contribution in [0.15, 0.2) is 48.5 Å². The molecule has 0 aliphatic heterocycles. The Hall–Kier alpha value is -2.53. The molecular weight excluding hydrogens is 320 g/mol. The predicted molar refractivity (Wildman–Crippen MR) is 105 cm³/mol. The van der Waals surface area contributed by atoms with Crippen LogP contribution in [-0.4, -0.2) is 12.4 Å². The lowest BCUT2D eigenvalue weighted by Gasteiger charge is -2.14. The van der Waals surface area contributed by atoms with E-state index in [0.717, 1.165) is 29.7 Å². The topological polar surface area (TPSA) is 26.3 Å². The third-order valence-electron chi connectivity index (χ3n) is 5.16. The second-order valence-corrected chi connectivity index (χ2v) is 7.42. The molecule has 3 rings (SSSR count). The monoisotopic (exact) mass is 346 g/mol. The van der Waals surface area contributed by atoms with Gasteiger partial charge in [-0.05, 0) is 67.6 Å². The van der Waals surface area contributed by atoms with E-state index in [-0.39, 0.29) is 11.3 Å². The zero-order valence-corrected chi connectivity index (χ0v) is 15.8. The van der Waals surface area contributed by atoms with Gasteiger partial charge in [-0.2, -0.15) is 0 Å². The van der Waals surface area contributed by atoms with Gasteiger partial charge in [0, 0.05) is 23.0 Å². The molecule has 1 atom stereocenters. The summed E-state index contributed by atoms with van der Waals surface area (Å²) in [5, 5.41) is 0. The highest BCUT2D eigenvalue weighted by Gasteiger charge is 2.44. The maximum Gasteiger partial charge on any atom is 0.139 e. The first-order valence-electron chi connectivity index (χ1n) is 9.38. The van der Waals surface area contributed by atoms with E-state index in [0.29, 0.717) is 18.8 Å². The van der Waals surface area contributed by atoms with Gasteiger partial charge >= 0.3 is 0 Å². The standard InChI is InChI=1S/C24H26O2/c1-4-26-22-13-9-20(10-14-22)6-5-19-7-11-21(12-8-19)18(2)17-23(25)24(3)15-16-24/h7-14,18H,4,15-17H2,1-3H3. The van der Waals surface area contributed by atoms with Crippen molar-refractivity contribution in [3.8, 4) is 17.6 Å². The lowest BCUT2D eigenvalue weighted by molar-refractivity contribution is -0.123. The lowest BCUT2D eigenvalue weighted by Crippen LogP contribution is -2.14. The Bertz CT molecular complexity index is 815. The average Bonchev–Trinajstić information content (AvgIpc) is 3.41. The van der Waals surface area contributed by atoms with E-state index in [1.54, 1.807) is 0 Å². The summed E-state index contributed by atoms with van der Waals surface area (Å²) in [5.74, 6) is 7.91. The Morgan fingerprint density at radius 3 is 2.08 bits per heavy atom. The second-order valence-electron chi connectivity index (χ2n) is 7.42. The van der Waals surface area contributed by atoms with Gasteiger partial charge in [-0.25, -0.2) is 0 Å². The fraction of sp³-hybridized carbons (Fsp3) is 0.375. The van der Waals surface area contributed by atoms with Crippen molar-refractivity contribution in [3.05, 3.63) is 65.2 Å². The first-order chi connectivity index (χ1) is 12.5. The van der Waals surface area contributed by atoms with Gasteiger partial charge in [0.15, 0.2) is 0 Å². The summed E-state index contributed by atoms with van der Waals surface area (Å²) < 4.78 is 5.44. The second kappa shape index (κ2) is 7.79. The van der Waals surface area contributed by atoms with Crippen LogP contribution in [0.2, 0.25) is 0 Å². The van der Waals surface area contributed by atoms with Crippen molar-refractivity contribution in [3.63, 3.8) is 0 Å². The molecular formula is C24H26O2. The van der Waals surface area contributed by atoms with Crippen molar-refractivity contribution < 1.29 is 9.53 Å². The minimum Gasteiger partial charge on any atom is -0.494 e.